The van der Waals surface area contributed by atoms with Gasteiger partial charge < -0.3 is 4.90 Å². The third kappa shape index (κ3) is 1.73. The summed E-state index contributed by atoms with van der Waals surface area (Å²) >= 11 is 0. The second-order valence-electron chi connectivity index (χ2n) is 3.20. The lowest BCUT2D eigenvalue weighted by Crippen LogP contribution is -2.25. The van der Waals surface area contributed by atoms with Crippen molar-refractivity contribution in [1.82, 2.24) is 4.90 Å². The average molecular weight is 149 g/mol. The van der Waals surface area contributed by atoms with Crippen molar-refractivity contribution in [3.05, 3.63) is 36.2 Å². The van der Waals surface area contributed by atoms with Crippen LogP contribution in [0.2, 0.25) is 0 Å². The fourth-order valence-electron chi connectivity index (χ4n) is 1.14. The number of hydrogen-bond acceptors (Lipinski definition) is 1. The van der Waals surface area contributed by atoms with Crippen LogP contribution >= 0.6 is 0 Å². The van der Waals surface area contributed by atoms with E-state index in [0.717, 1.165) is 5.70 Å². The number of hydrogen-bond donors (Lipinski definition) is 0. The zero-order valence-corrected chi connectivity index (χ0v) is 7.46. The molecule has 0 aromatic rings. The highest BCUT2D eigenvalue weighted by Crippen LogP contribution is 2.17. The van der Waals surface area contributed by atoms with Crippen LogP contribution in [0.15, 0.2) is 36.2 Å². The first-order valence-corrected chi connectivity index (χ1v) is 3.95. The molecule has 0 spiro atoms. The van der Waals surface area contributed by atoms with Crippen LogP contribution in [0.3, 0.4) is 0 Å². The largest absolute Gasteiger partial charge is 0.346 e. The number of allylic oxidation sites excluding steroid dienone is 3. The molecule has 1 aliphatic rings. The van der Waals surface area contributed by atoms with E-state index in [0.29, 0.717) is 6.04 Å². The van der Waals surface area contributed by atoms with E-state index < -0.39 is 0 Å². The molecule has 1 rings (SSSR count). The van der Waals surface area contributed by atoms with Crippen LogP contribution in [0, 0.1) is 0 Å². The summed E-state index contributed by atoms with van der Waals surface area (Å²) in [7, 11) is 0. The molecule has 1 heteroatoms. The van der Waals surface area contributed by atoms with E-state index in [1.165, 1.54) is 5.57 Å². The molecule has 0 saturated carbocycles. The molecule has 0 bridgehead atoms. The summed E-state index contributed by atoms with van der Waals surface area (Å²) in [6, 6.07) is 0.502. The summed E-state index contributed by atoms with van der Waals surface area (Å²) in [5.41, 5.74) is 2.36. The van der Waals surface area contributed by atoms with Crippen LogP contribution in [0.1, 0.15) is 20.8 Å². The minimum Gasteiger partial charge on any atom is -0.346 e. The quantitative estimate of drug-likeness (QED) is 0.554. The molecule has 0 radical (unpaired) electrons. The van der Waals surface area contributed by atoms with Gasteiger partial charge in [0.15, 0.2) is 0 Å². The molecule has 1 aliphatic heterocycles. The normalized spacial score (nSPS) is 17.6. The van der Waals surface area contributed by atoms with Crippen molar-refractivity contribution in [2.45, 2.75) is 26.8 Å². The van der Waals surface area contributed by atoms with Crippen LogP contribution in [-0.4, -0.2) is 10.9 Å². The first kappa shape index (κ1) is 8.12. The lowest BCUT2D eigenvalue weighted by atomic mass is 10.1. The van der Waals surface area contributed by atoms with Gasteiger partial charge >= 0.3 is 0 Å². The maximum atomic E-state index is 3.95. The van der Waals surface area contributed by atoms with Crippen molar-refractivity contribution >= 4 is 0 Å². The van der Waals surface area contributed by atoms with Crippen molar-refractivity contribution in [1.29, 1.82) is 0 Å². The molecule has 1 nitrogen and oxygen atoms in total. The summed E-state index contributed by atoms with van der Waals surface area (Å²) in [6.45, 7) is 10.4. The standard InChI is InChI=1S/C10H15N/c1-8(2)11-7-9(3)5-6-10(11)4/h5-8H,4H2,1-3H3. The summed E-state index contributed by atoms with van der Waals surface area (Å²) < 4.78 is 0. The zero-order chi connectivity index (χ0) is 8.43. The molecule has 0 unspecified atom stereocenters. The maximum Gasteiger partial charge on any atom is 0.0335 e. The summed E-state index contributed by atoms with van der Waals surface area (Å²) in [4.78, 5) is 2.18. The van der Waals surface area contributed by atoms with Crippen LogP contribution in [0.25, 0.3) is 0 Å². The monoisotopic (exact) mass is 149 g/mol. The minimum atomic E-state index is 0.502. The van der Waals surface area contributed by atoms with E-state index in [-0.39, 0.29) is 0 Å². The Labute approximate surface area is 68.7 Å². The van der Waals surface area contributed by atoms with Crippen molar-refractivity contribution in [2.24, 2.45) is 0 Å². The van der Waals surface area contributed by atoms with Gasteiger partial charge in [-0.3, -0.25) is 0 Å². The van der Waals surface area contributed by atoms with Gasteiger partial charge in [0.25, 0.3) is 0 Å². The Bertz CT molecular complexity index is 221. The summed E-state index contributed by atoms with van der Waals surface area (Å²) in [5, 5.41) is 0. The predicted octanol–water partition coefficient (Wildman–Crippen LogP) is 2.68. The Morgan fingerprint density at radius 2 is 2.00 bits per heavy atom. The lowest BCUT2D eigenvalue weighted by Gasteiger charge is -2.28. The first-order valence-electron chi connectivity index (χ1n) is 3.95. The van der Waals surface area contributed by atoms with Gasteiger partial charge in [-0.2, -0.15) is 0 Å². The van der Waals surface area contributed by atoms with E-state index in [4.69, 9.17) is 0 Å². The molecule has 0 aliphatic carbocycles. The highest BCUT2D eigenvalue weighted by Gasteiger charge is 2.09. The van der Waals surface area contributed by atoms with Crippen molar-refractivity contribution in [2.75, 3.05) is 0 Å². The molecule has 0 saturated heterocycles. The smallest absolute Gasteiger partial charge is 0.0335 e. The van der Waals surface area contributed by atoms with Crippen LogP contribution < -0.4 is 0 Å². The van der Waals surface area contributed by atoms with Gasteiger partial charge in [-0.1, -0.05) is 12.7 Å². The highest BCUT2D eigenvalue weighted by atomic mass is 15.1. The Morgan fingerprint density at radius 3 is 2.45 bits per heavy atom. The predicted molar refractivity (Wildman–Crippen MR) is 49.0 cm³/mol. The molecule has 0 aromatic heterocycles. The third-order valence-corrected chi connectivity index (χ3v) is 1.77. The van der Waals surface area contributed by atoms with Crippen LogP contribution in [-0.2, 0) is 0 Å². The third-order valence-electron chi connectivity index (χ3n) is 1.77. The van der Waals surface area contributed by atoms with Crippen molar-refractivity contribution in [3.8, 4) is 0 Å². The zero-order valence-electron chi connectivity index (χ0n) is 7.46. The van der Waals surface area contributed by atoms with E-state index in [1.54, 1.807) is 0 Å². The van der Waals surface area contributed by atoms with E-state index in [9.17, 15) is 0 Å². The second-order valence-corrected chi connectivity index (χ2v) is 3.20. The topological polar surface area (TPSA) is 3.24 Å². The molecule has 0 amide bonds. The van der Waals surface area contributed by atoms with Gasteiger partial charge in [-0.15, -0.1) is 0 Å². The van der Waals surface area contributed by atoms with E-state index in [1.807, 2.05) is 0 Å². The first-order chi connectivity index (χ1) is 5.11. The lowest BCUT2D eigenvalue weighted by molar-refractivity contribution is 0.391. The minimum absolute atomic E-state index is 0.502. The molecular weight excluding hydrogens is 134 g/mol. The molecule has 0 atom stereocenters. The Kier molecular flexibility index (Phi) is 2.18. The van der Waals surface area contributed by atoms with E-state index in [2.05, 4.69) is 50.6 Å². The Balaban J connectivity index is 2.82. The van der Waals surface area contributed by atoms with Gasteiger partial charge in [0.2, 0.25) is 0 Å². The number of rotatable bonds is 1. The van der Waals surface area contributed by atoms with E-state index >= 15 is 0 Å². The summed E-state index contributed by atoms with van der Waals surface area (Å²) in [5.74, 6) is 0. The van der Waals surface area contributed by atoms with Crippen molar-refractivity contribution in [3.63, 3.8) is 0 Å². The maximum absolute atomic E-state index is 3.95. The fraction of sp³-hybridized carbons (Fsp3) is 0.400. The second kappa shape index (κ2) is 2.95. The number of nitrogens with zero attached hydrogens (tertiary/aromatic N) is 1. The SMILES string of the molecule is C=C1C=CC(C)=CN1C(C)C. The van der Waals surface area contributed by atoms with Gasteiger partial charge in [0.05, 0.1) is 0 Å². The Hall–Kier alpha value is -0.980. The van der Waals surface area contributed by atoms with Gasteiger partial charge in [0.1, 0.15) is 0 Å². The molecular formula is C10H15N. The fourth-order valence-corrected chi connectivity index (χ4v) is 1.14. The molecule has 1 heterocycles. The van der Waals surface area contributed by atoms with Crippen molar-refractivity contribution < 1.29 is 0 Å². The van der Waals surface area contributed by atoms with Gasteiger partial charge in [0, 0.05) is 17.9 Å². The Morgan fingerprint density at radius 1 is 1.36 bits per heavy atom. The molecule has 11 heavy (non-hydrogen) atoms. The molecule has 0 fully saturated rings. The highest BCUT2D eigenvalue weighted by molar-refractivity contribution is 5.31. The molecule has 0 aromatic carbocycles. The van der Waals surface area contributed by atoms with Crippen LogP contribution in [0.5, 0.6) is 0 Å². The average Bonchev–Trinajstić information content (AvgIpc) is 1.94. The molecule has 0 N–H and O–H groups in total. The van der Waals surface area contributed by atoms with Gasteiger partial charge in [-0.25, -0.2) is 0 Å². The van der Waals surface area contributed by atoms with Gasteiger partial charge in [-0.05, 0) is 32.4 Å². The van der Waals surface area contributed by atoms with Crippen LogP contribution in [0.4, 0.5) is 0 Å². The summed E-state index contributed by atoms with van der Waals surface area (Å²) in [6.07, 6.45) is 6.27. The molecule has 60 valence electrons.